The van der Waals surface area contributed by atoms with Gasteiger partial charge in [-0.15, -0.1) is 11.3 Å². The van der Waals surface area contributed by atoms with E-state index in [1.165, 1.54) is 28.5 Å². The average molecular weight is 295 g/mol. The summed E-state index contributed by atoms with van der Waals surface area (Å²) in [5.74, 6) is 0.724. The van der Waals surface area contributed by atoms with E-state index in [1.807, 2.05) is 11.3 Å². The fourth-order valence-electron chi connectivity index (χ4n) is 2.68. The lowest BCUT2D eigenvalue weighted by atomic mass is 10.2. The Morgan fingerprint density at radius 2 is 2.20 bits per heavy atom. The molecule has 0 amide bonds. The van der Waals surface area contributed by atoms with Crippen LogP contribution in [0, 0.1) is 0 Å². The molecule has 1 aromatic rings. The van der Waals surface area contributed by atoms with Gasteiger partial charge < -0.3 is 15.0 Å². The minimum atomic E-state index is 0.302. The monoisotopic (exact) mass is 295 g/mol. The van der Waals surface area contributed by atoms with Crippen LogP contribution in [0.15, 0.2) is 0 Å². The molecule has 0 spiro atoms. The van der Waals surface area contributed by atoms with Gasteiger partial charge in [0.1, 0.15) is 0 Å². The molecule has 1 N–H and O–H groups in total. The zero-order valence-electron chi connectivity index (χ0n) is 12.7. The summed E-state index contributed by atoms with van der Waals surface area (Å²) in [7, 11) is 0. The number of anilines is 1. The molecule has 1 aliphatic heterocycles. The predicted molar refractivity (Wildman–Crippen MR) is 83.7 cm³/mol. The molecule has 2 heterocycles. The molecule has 0 aromatic carbocycles. The van der Waals surface area contributed by atoms with E-state index in [-0.39, 0.29) is 0 Å². The van der Waals surface area contributed by atoms with Crippen LogP contribution in [0.5, 0.6) is 0 Å². The molecule has 2 unspecified atom stereocenters. The summed E-state index contributed by atoms with van der Waals surface area (Å²) in [5.41, 5.74) is 1.36. The minimum absolute atomic E-state index is 0.302. The first-order valence-corrected chi connectivity index (χ1v) is 8.59. The molecule has 1 aliphatic carbocycles. The highest BCUT2D eigenvalue weighted by molar-refractivity contribution is 7.15. The zero-order chi connectivity index (χ0) is 14.1. The Hall–Kier alpha value is -0.650. The number of hydrogen-bond acceptors (Lipinski definition) is 5. The summed E-state index contributed by atoms with van der Waals surface area (Å²) in [6.45, 7) is 10.3. The van der Waals surface area contributed by atoms with Gasteiger partial charge in [-0.2, -0.15) is 0 Å². The Morgan fingerprint density at radius 3 is 2.90 bits per heavy atom. The summed E-state index contributed by atoms with van der Waals surface area (Å²) in [4.78, 5) is 8.85. The van der Waals surface area contributed by atoms with Crippen LogP contribution in [0.3, 0.4) is 0 Å². The van der Waals surface area contributed by atoms with E-state index in [1.54, 1.807) is 0 Å². The lowest BCUT2D eigenvalue weighted by Crippen LogP contribution is -2.47. The van der Waals surface area contributed by atoms with Crippen molar-refractivity contribution in [3.8, 4) is 0 Å². The van der Waals surface area contributed by atoms with Gasteiger partial charge in [-0.3, -0.25) is 0 Å². The van der Waals surface area contributed by atoms with Crippen molar-refractivity contribution in [1.29, 1.82) is 0 Å². The van der Waals surface area contributed by atoms with Crippen molar-refractivity contribution >= 4 is 16.5 Å². The Bertz CT molecular complexity index is 458. The molecule has 0 bridgehead atoms. The fourth-order valence-corrected chi connectivity index (χ4v) is 3.91. The first kappa shape index (κ1) is 14.3. The van der Waals surface area contributed by atoms with Crippen molar-refractivity contribution in [1.82, 2.24) is 10.3 Å². The Kier molecular flexibility index (Phi) is 4.29. The summed E-state index contributed by atoms with van der Waals surface area (Å²) < 4.78 is 5.73. The van der Waals surface area contributed by atoms with Crippen molar-refractivity contribution in [3.63, 3.8) is 0 Å². The van der Waals surface area contributed by atoms with Crippen LogP contribution in [-0.4, -0.2) is 36.8 Å². The van der Waals surface area contributed by atoms with Crippen LogP contribution < -0.4 is 10.2 Å². The van der Waals surface area contributed by atoms with E-state index >= 15 is 0 Å². The summed E-state index contributed by atoms with van der Waals surface area (Å²) >= 11 is 1.88. The molecule has 20 heavy (non-hydrogen) atoms. The molecule has 112 valence electrons. The smallest absolute Gasteiger partial charge is 0.186 e. The van der Waals surface area contributed by atoms with Crippen LogP contribution >= 0.6 is 11.3 Å². The van der Waals surface area contributed by atoms with Gasteiger partial charge in [0.05, 0.1) is 24.4 Å². The molecule has 1 saturated heterocycles. The topological polar surface area (TPSA) is 37.4 Å². The highest BCUT2D eigenvalue weighted by Crippen LogP contribution is 2.44. The molecule has 1 saturated carbocycles. The van der Waals surface area contributed by atoms with Crippen LogP contribution in [0.25, 0.3) is 0 Å². The van der Waals surface area contributed by atoms with Gasteiger partial charge in [-0.1, -0.05) is 6.92 Å². The van der Waals surface area contributed by atoms with Crippen LogP contribution in [0.1, 0.15) is 50.1 Å². The van der Waals surface area contributed by atoms with E-state index in [0.717, 1.165) is 32.2 Å². The minimum Gasteiger partial charge on any atom is -0.375 e. The van der Waals surface area contributed by atoms with Crippen LogP contribution in [0.2, 0.25) is 0 Å². The quantitative estimate of drug-likeness (QED) is 0.906. The third-order valence-electron chi connectivity index (χ3n) is 4.07. The molecule has 2 fully saturated rings. The van der Waals surface area contributed by atoms with Gasteiger partial charge in [0.2, 0.25) is 0 Å². The van der Waals surface area contributed by atoms with Crippen molar-refractivity contribution in [2.75, 3.05) is 24.6 Å². The van der Waals surface area contributed by atoms with E-state index in [2.05, 4.69) is 31.0 Å². The van der Waals surface area contributed by atoms with E-state index < -0.39 is 0 Å². The number of nitrogens with zero attached hydrogens (tertiary/aromatic N) is 2. The van der Waals surface area contributed by atoms with Gasteiger partial charge >= 0.3 is 0 Å². The highest BCUT2D eigenvalue weighted by Gasteiger charge is 2.32. The van der Waals surface area contributed by atoms with E-state index in [9.17, 15) is 0 Å². The fraction of sp³-hybridized carbons (Fsp3) is 0.800. The lowest BCUT2D eigenvalue weighted by molar-refractivity contribution is 0.0343. The van der Waals surface area contributed by atoms with Crippen molar-refractivity contribution in [3.05, 3.63) is 10.6 Å². The Balaban J connectivity index is 1.81. The molecule has 3 rings (SSSR count). The normalized spacial score (nSPS) is 27.1. The zero-order valence-corrected chi connectivity index (χ0v) is 13.5. The molecule has 1 aromatic heterocycles. The van der Waals surface area contributed by atoms with Crippen molar-refractivity contribution in [2.45, 2.75) is 58.2 Å². The Morgan fingerprint density at radius 1 is 1.40 bits per heavy atom. The third kappa shape index (κ3) is 3.00. The number of rotatable bonds is 5. The largest absolute Gasteiger partial charge is 0.375 e. The molecule has 2 aliphatic rings. The van der Waals surface area contributed by atoms with Gasteiger partial charge in [0.25, 0.3) is 0 Å². The molecule has 0 radical (unpaired) electrons. The number of ether oxygens (including phenoxy) is 1. The standard InChI is InChI=1S/C15H25N3OS/c1-4-16-7-13-14(12-5-6-12)17-15(20-13)18-8-11(3)19-9-10(18)2/h10-12,16H,4-9H2,1-3H3. The van der Waals surface area contributed by atoms with Crippen molar-refractivity contribution in [2.24, 2.45) is 0 Å². The predicted octanol–water partition coefficient (Wildman–Crippen LogP) is 2.74. The third-order valence-corrected chi connectivity index (χ3v) is 5.18. The van der Waals surface area contributed by atoms with Crippen LogP contribution in [-0.2, 0) is 11.3 Å². The van der Waals surface area contributed by atoms with Gasteiger partial charge in [-0.05, 0) is 33.2 Å². The number of aromatic nitrogens is 1. The summed E-state index contributed by atoms with van der Waals surface area (Å²) in [6, 6.07) is 0.427. The van der Waals surface area contributed by atoms with Gasteiger partial charge in [-0.25, -0.2) is 4.98 Å². The maximum absolute atomic E-state index is 5.73. The number of morpholine rings is 1. The van der Waals surface area contributed by atoms with Crippen molar-refractivity contribution < 1.29 is 4.74 Å². The summed E-state index contributed by atoms with van der Waals surface area (Å²) in [5, 5.41) is 4.65. The molecular weight excluding hydrogens is 270 g/mol. The number of thiazole rings is 1. The maximum Gasteiger partial charge on any atom is 0.186 e. The van der Waals surface area contributed by atoms with Gasteiger partial charge in [0, 0.05) is 23.9 Å². The van der Waals surface area contributed by atoms with Gasteiger partial charge in [0.15, 0.2) is 5.13 Å². The average Bonchev–Trinajstić information content (AvgIpc) is 3.20. The molecule has 5 heteroatoms. The highest BCUT2D eigenvalue weighted by atomic mass is 32.1. The second-order valence-corrected chi connectivity index (χ2v) is 7.07. The second-order valence-electron chi connectivity index (χ2n) is 6.00. The SMILES string of the molecule is CCNCc1sc(N2CC(C)OCC2C)nc1C1CC1. The van der Waals surface area contributed by atoms with E-state index in [0.29, 0.717) is 12.1 Å². The maximum atomic E-state index is 5.73. The van der Waals surface area contributed by atoms with Crippen LogP contribution in [0.4, 0.5) is 5.13 Å². The molecule has 4 nitrogen and oxygen atoms in total. The second kappa shape index (κ2) is 6.00. The number of hydrogen-bond donors (Lipinski definition) is 1. The summed E-state index contributed by atoms with van der Waals surface area (Å²) in [6.07, 6.45) is 2.94. The first-order valence-electron chi connectivity index (χ1n) is 7.77. The first-order chi connectivity index (χ1) is 9.69. The molecule has 2 atom stereocenters. The molecular formula is C15H25N3OS. The number of nitrogens with one attached hydrogen (secondary N) is 1. The van der Waals surface area contributed by atoms with E-state index in [4.69, 9.17) is 9.72 Å². The lowest BCUT2D eigenvalue weighted by Gasteiger charge is -2.36. The Labute approximate surface area is 125 Å².